The minimum absolute atomic E-state index is 0.0208. The number of carboxylic acid groups (broad SMARTS) is 1. The van der Waals surface area contributed by atoms with Gasteiger partial charge < -0.3 is 10.8 Å². The number of carboxylic acids is 1. The Morgan fingerprint density at radius 2 is 1.80 bits per heavy atom. The monoisotopic (exact) mass is 166 g/mol. The molecule has 0 saturated heterocycles. The van der Waals surface area contributed by atoms with Crippen LogP contribution < -0.4 is 10.9 Å². The smallest absolute Gasteiger partial charge is 0.320 e. The second-order valence-corrected chi connectivity index (χ2v) is 2.11. The molecule has 0 aromatic carbocycles. The largest absolute Gasteiger partial charge is 0.480 e. The maximum absolute atomic E-state index is 10.0. The number of nitrogens with two attached hydrogens (primary N) is 2. The number of hydrogen-bond donors (Lipinski definition) is 4. The van der Waals surface area contributed by atoms with Gasteiger partial charge in [0.25, 0.3) is 0 Å². The third-order valence-electron chi connectivity index (χ3n) is 1.00. The highest BCUT2D eigenvalue weighted by Crippen LogP contribution is 1.96. The Kier molecular flexibility index (Phi) is 8.51. The van der Waals surface area contributed by atoms with Gasteiger partial charge in [0.05, 0.1) is 0 Å². The topological polar surface area (TPSA) is 89.3 Å². The van der Waals surface area contributed by atoms with Crippen molar-refractivity contribution in [1.82, 2.24) is 0 Å². The summed E-state index contributed by atoms with van der Waals surface area (Å²) in [6, 6.07) is -0.713. The van der Waals surface area contributed by atoms with E-state index < -0.39 is 12.0 Å². The van der Waals surface area contributed by atoms with Gasteiger partial charge in [-0.3, -0.25) is 9.93 Å². The molecule has 0 radical (unpaired) electrons. The molecule has 0 spiro atoms. The van der Waals surface area contributed by atoms with Crippen molar-refractivity contribution in [3.63, 3.8) is 0 Å². The lowest BCUT2D eigenvalue weighted by atomic mass is 10.1. The fraction of sp³-hybridized carbons (Fsp3) is 0.800. The van der Waals surface area contributed by atoms with Crippen LogP contribution in [-0.2, 0) is 4.79 Å². The van der Waals surface area contributed by atoms with Crippen LogP contribution in [0.1, 0.15) is 13.8 Å². The fourth-order valence-electron chi connectivity index (χ4n) is 0.285. The second-order valence-electron chi connectivity index (χ2n) is 2.11. The van der Waals surface area contributed by atoms with Crippen molar-refractivity contribution in [1.29, 1.82) is 0 Å². The zero-order valence-corrected chi connectivity index (χ0v) is 7.01. The average Bonchev–Trinajstić information content (AvgIpc) is 1.90. The van der Waals surface area contributed by atoms with Crippen LogP contribution in [0.15, 0.2) is 0 Å². The summed E-state index contributed by atoms with van der Waals surface area (Å²) in [4.78, 5) is 10.0. The van der Waals surface area contributed by atoms with Gasteiger partial charge >= 0.3 is 5.97 Å². The highest BCUT2D eigenvalue weighted by atomic mass is 32.1. The molecular formula is C5H14N2O2S. The van der Waals surface area contributed by atoms with E-state index in [4.69, 9.17) is 10.8 Å². The van der Waals surface area contributed by atoms with Gasteiger partial charge in [0.2, 0.25) is 0 Å². The summed E-state index contributed by atoms with van der Waals surface area (Å²) in [6.45, 7) is 3.55. The first kappa shape index (κ1) is 12.4. The fourth-order valence-corrected chi connectivity index (χ4v) is 0.285. The first-order valence-corrected chi connectivity index (χ1v) is 3.31. The van der Waals surface area contributed by atoms with Gasteiger partial charge in [0, 0.05) is 0 Å². The summed E-state index contributed by atoms with van der Waals surface area (Å²) in [7, 11) is 0. The number of hydrogen-bond acceptors (Lipinski definition) is 4. The number of thiol groups is 1. The number of rotatable bonds is 2. The van der Waals surface area contributed by atoms with Crippen molar-refractivity contribution in [3.05, 3.63) is 0 Å². The number of carbonyl (C=O) groups is 1. The van der Waals surface area contributed by atoms with Crippen molar-refractivity contribution >= 4 is 18.8 Å². The van der Waals surface area contributed by atoms with E-state index in [1.807, 2.05) is 0 Å². The van der Waals surface area contributed by atoms with Gasteiger partial charge in [0.1, 0.15) is 6.04 Å². The van der Waals surface area contributed by atoms with E-state index in [9.17, 15) is 4.79 Å². The second kappa shape index (κ2) is 6.85. The highest BCUT2D eigenvalue weighted by Gasteiger charge is 2.14. The highest BCUT2D eigenvalue weighted by molar-refractivity contribution is 7.77. The maximum atomic E-state index is 10.0. The lowest BCUT2D eigenvalue weighted by Gasteiger charge is -2.07. The van der Waals surface area contributed by atoms with E-state index in [0.717, 1.165) is 0 Å². The molecule has 5 heteroatoms. The molecule has 0 amide bonds. The molecule has 0 bridgehead atoms. The zero-order chi connectivity index (χ0) is 8.73. The third kappa shape index (κ3) is 5.87. The summed E-state index contributed by atoms with van der Waals surface area (Å²) in [6.07, 6.45) is 0. The van der Waals surface area contributed by atoms with Gasteiger partial charge in [-0.15, -0.1) is 12.8 Å². The molecule has 0 saturated carbocycles. The summed E-state index contributed by atoms with van der Waals surface area (Å²) in [5.74, 6) is -0.910. The van der Waals surface area contributed by atoms with Crippen LogP contribution in [0.3, 0.4) is 0 Å². The van der Waals surface area contributed by atoms with Crippen molar-refractivity contribution in [2.75, 3.05) is 0 Å². The van der Waals surface area contributed by atoms with Crippen molar-refractivity contribution < 1.29 is 9.90 Å². The van der Waals surface area contributed by atoms with Gasteiger partial charge in [-0.25, -0.2) is 0 Å². The van der Waals surface area contributed by atoms with Gasteiger partial charge in [-0.2, -0.15) is 0 Å². The van der Waals surface area contributed by atoms with Crippen LogP contribution in [0.5, 0.6) is 0 Å². The van der Waals surface area contributed by atoms with Crippen LogP contribution >= 0.6 is 12.8 Å². The summed E-state index contributed by atoms with van der Waals surface area (Å²) in [5.41, 5.74) is 5.16. The molecular weight excluding hydrogens is 152 g/mol. The van der Waals surface area contributed by atoms with Crippen molar-refractivity contribution in [2.45, 2.75) is 19.9 Å². The van der Waals surface area contributed by atoms with E-state index in [1.54, 1.807) is 13.8 Å². The van der Waals surface area contributed by atoms with Crippen LogP contribution in [0.2, 0.25) is 0 Å². The Hall–Kier alpha value is -0.260. The van der Waals surface area contributed by atoms with E-state index in [1.165, 1.54) is 0 Å². The molecule has 0 fully saturated rings. The molecule has 0 aromatic heterocycles. The van der Waals surface area contributed by atoms with Crippen LogP contribution in [-0.4, -0.2) is 17.1 Å². The van der Waals surface area contributed by atoms with E-state index in [-0.39, 0.29) is 5.92 Å². The van der Waals surface area contributed by atoms with Crippen LogP contribution in [0.4, 0.5) is 0 Å². The first-order valence-electron chi connectivity index (χ1n) is 2.80. The molecule has 4 nitrogen and oxygen atoms in total. The number of aliphatic carboxylic acids is 1. The van der Waals surface area contributed by atoms with Gasteiger partial charge in [0.15, 0.2) is 0 Å². The molecule has 0 aliphatic carbocycles. The van der Waals surface area contributed by atoms with Crippen LogP contribution in [0, 0.1) is 5.92 Å². The zero-order valence-electron chi connectivity index (χ0n) is 6.11. The summed E-state index contributed by atoms with van der Waals surface area (Å²) < 4.78 is 0. The summed E-state index contributed by atoms with van der Waals surface area (Å²) in [5, 5.41) is 12.4. The lowest BCUT2D eigenvalue weighted by Crippen LogP contribution is -2.34. The normalized spacial score (nSPS) is 11.8. The molecule has 0 aliphatic heterocycles. The molecule has 5 N–H and O–H groups in total. The quantitative estimate of drug-likeness (QED) is 0.429. The van der Waals surface area contributed by atoms with E-state index in [0.29, 0.717) is 0 Å². The SMILES string of the molecule is CC(C)[C@H](N)C(=O)O.NS. The summed E-state index contributed by atoms with van der Waals surface area (Å²) >= 11 is 3.03. The Bertz CT molecular complexity index is 97.6. The Labute approximate surface area is 66.1 Å². The predicted molar refractivity (Wildman–Crippen MR) is 43.6 cm³/mol. The lowest BCUT2D eigenvalue weighted by molar-refractivity contribution is -0.139. The average molecular weight is 166 g/mol. The van der Waals surface area contributed by atoms with E-state index in [2.05, 4.69) is 18.0 Å². The third-order valence-corrected chi connectivity index (χ3v) is 1.00. The molecule has 10 heavy (non-hydrogen) atoms. The molecule has 0 unspecified atom stereocenters. The molecule has 0 rings (SSSR count). The van der Waals surface area contributed by atoms with Crippen molar-refractivity contribution in [2.24, 2.45) is 16.8 Å². The van der Waals surface area contributed by atoms with Crippen LogP contribution in [0.25, 0.3) is 0 Å². The minimum Gasteiger partial charge on any atom is -0.480 e. The molecule has 0 aliphatic rings. The Balaban J connectivity index is 0. The standard InChI is InChI=1S/C5H11NO2.H3NS/c1-3(2)4(6)5(7)8;1-2/h3-4H,6H2,1-2H3,(H,7,8);2H,1H2/t4-;/m0./s1. The minimum atomic E-state index is -0.931. The maximum Gasteiger partial charge on any atom is 0.320 e. The van der Waals surface area contributed by atoms with E-state index >= 15 is 0 Å². The molecule has 0 heterocycles. The molecule has 62 valence electrons. The molecule has 1 atom stereocenters. The Morgan fingerprint density at radius 1 is 1.50 bits per heavy atom. The Morgan fingerprint density at radius 3 is 1.80 bits per heavy atom. The van der Waals surface area contributed by atoms with Crippen molar-refractivity contribution in [3.8, 4) is 0 Å². The van der Waals surface area contributed by atoms with Gasteiger partial charge in [-0.1, -0.05) is 13.8 Å². The predicted octanol–water partition coefficient (Wildman–Crippen LogP) is -0.156. The molecule has 0 aromatic rings. The first-order chi connectivity index (χ1) is 4.55. The van der Waals surface area contributed by atoms with Gasteiger partial charge in [-0.05, 0) is 5.92 Å².